The molecule has 0 radical (unpaired) electrons. The Morgan fingerprint density at radius 2 is 1.46 bits per heavy atom. The summed E-state index contributed by atoms with van der Waals surface area (Å²) in [7, 11) is -0.241. The molecule has 8 nitrogen and oxygen atoms in total. The fourth-order valence-electron chi connectivity index (χ4n) is 2.15. The van der Waals surface area contributed by atoms with Crippen LogP contribution in [0.25, 0.3) is 0 Å². The molecular weight excluding hydrogens is 360 g/mol. The molecule has 0 atom stereocenters. The van der Waals surface area contributed by atoms with Gasteiger partial charge in [-0.25, -0.2) is 0 Å². The number of amides is 2. The first-order valence-corrected chi connectivity index (χ1v) is 8.89. The number of ether oxygens (including phenoxy) is 1. The highest BCUT2D eigenvalue weighted by molar-refractivity contribution is 7.89. The van der Waals surface area contributed by atoms with Crippen molar-refractivity contribution in [2.45, 2.75) is 4.90 Å². The lowest BCUT2D eigenvalue weighted by Gasteiger charge is -2.19. The van der Waals surface area contributed by atoms with Gasteiger partial charge in [0, 0.05) is 18.2 Å². The zero-order valence-corrected chi connectivity index (χ0v) is 15.2. The van der Waals surface area contributed by atoms with E-state index in [1.165, 1.54) is 62.7 Å². The summed E-state index contributed by atoms with van der Waals surface area (Å²) in [5, 5.41) is 2.43. The van der Waals surface area contributed by atoms with E-state index >= 15 is 0 Å². The van der Waals surface area contributed by atoms with E-state index in [1.54, 1.807) is 0 Å². The topological polar surface area (TPSA) is 102 Å². The number of nitrogens with one attached hydrogen (secondary N) is 1. The maximum absolute atomic E-state index is 12.7. The van der Waals surface area contributed by atoms with Crippen LogP contribution in [0, 0.1) is 0 Å². The third-order valence-electron chi connectivity index (χ3n) is 3.53. The van der Waals surface area contributed by atoms with E-state index in [9.17, 15) is 18.0 Å². The summed E-state index contributed by atoms with van der Waals surface area (Å²) in [5.41, 5.74) is 0.398. The Balaban J connectivity index is 2.34. The molecule has 2 rings (SSSR count). The van der Waals surface area contributed by atoms with E-state index in [-0.39, 0.29) is 21.9 Å². The summed E-state index contributed by atoms with van der Waals surface area (Å²) in [5.74, 6) is -0.685. The first kappa shape index (κ1) is 19.4. The number of methoxy groups -OCH3 is 1. The van der Waals surface area contributed by atoms with Crippen molar-refractivity contribution in [2.24, 2.45) is 0 Å². The molecule has 0 saturated heterocycles. The molecule has 0 heterocycles. The molecule has 0 aliphatic carbocycles. The molecule has 0 aliphatic heterocycles. The summed E-state index contributed by atoms with van der Waals surface area (Å²) in [6.07, 6.45) is 0. The van der Waals surface area contributed by atoms with Gasteiger partial charge < -0.3 is 10.1 Å². The lowest BCUT2D eigenvalue weighted by atomic mass is 10.2. The average molecular weight is 378 g/mol. The van der Waals surface area contributed by atoms with Crippen LogP contribution in [0.15, 0.2) is 53.4 Å². The van der Waals surface area contributed by atoms with E-state index in [0.29, 0.717) is 10.2 Å². The van der Waals surface area contributed by atoms with Crippen LogP contribution in [0.2, 0.25) is 0 Å². The first-order chi connectivity index (χ1) is 12.3. The standard InChI is InChI=1S/C17H18N2O6S/c1-18-16(20)12-6-10-15(11-7-12)26(22,23)19(25-3)17(21)13-4-8-14(24-2)9-5-13/h4-11H,1-3H3,(H,18,20). The van der Waals surface area contributed by atoms with E-state index in [1.807, 2.05) is 0 Å². The number of sulfonamides is 1. The van der Waals surface area contributed by atoms with Crippen molar-refractivity contribution in [1.82, 2.24) is 9.79 Å². The van der Waals surface area contributed by atoms with E-state index in [0.717, 1.165) is 7.11 Å². The number of hydroxylamine groups is 1. The molecule has 0 aromatic heterocycles. The van der Waals surface area contributed by atoms with Gasteiger partial charge >= 0.3 is 0 Å². The summed E-state index contributed by atoms with van der Waals surface area (Å²) in [4.78, 5) is 28.7. The molecule has 0 spiro atoms. The lowest BCUT2D eigenvalue weighted by molar-refractivity contribution is -0.0284. The predicted molar refractivity (Wildman–Crippen MR) is 93.2 cm³/mol. The van der Waals surface area contributed by atoms with E-state index in [4.69, 9.17) is 9.57 Å². The van der Waals surface area contributed by atoms with Crippen LogP contribution in [-0.2, 0) is 14.9 Å². The second kappa shape index (κ2) is 7.98. The molecule has 0 bridgehead atoms. The second-order valence-corrected chi connectivity index (χ2v) is 6.81. The first-order valence-electron chi connectivity index (χ1n) is 7.45. The summed E-state index contributed by atoms with van der Waals surface area (Å²) in [6, 6.07) is 11.1. The molecule has 2 aromatic rings. The Bertz CT molecular complexity index is 892. The minimum Gasteiger partial charge on any atom is -0.497 e. The highest BCUT2D eigenvalue weighted by Gasteiger charge is 2.31. The van der Waals surface area contributed by atoms with Crippen LogP contribution in [-0.4, -0.2) is 46.0 Å². The van der Waals surface area contributed by atoms with Crippen molar-refractivity contribution in [1.29, 1.82) is 0 Å². The largest absolute Gasteiger partial charge is 0.497 e. The van der Waals surface area contributed by atoms with Crippen LogP contribution < -0.4 is 10.1 Å². The van der Waals surface area contributed by atoms with Gasteiger partial charge in [-0.15, -0.1) is 4.47 Å². The third-order valence-corrected chi connectivity index (χ3v) is 5.15. The zero-order chi connectivity index (χ0) is 19.3. The minimum absolute atomic E-state index is 0.109. The second-order valence-electron chi connectivity index (χ2n) is 5.05. The number of rotatable bonds is 6. The highest BCUT2D eigenvalue weighted by atomic mass is 32.2. The highest BCUT2D eigenvalue weighted by Crippen LogP contribution is 2.20. The smallest absolute Gasteiger partial charge is 0.292 e. The number of hydrogen-bond donors (Lipinski definition) is 1. The Kier molecular flexibility index (Phi) is 5.96. The number of carbonyl (C=O) groups is 2. The number of benzene rings is 2. The van der Waals surface area contributed by atoms with Crippen molar-refractivity contribution >= 4 is 21.8 Å². The lowest BCUT2D eigenvalue weighted by Crippen LogP contribution is -2.36. The Morgan fingerprint density at radius 3 is 1.92 bits per heavy atom. The van der Waals surface area contributed by atoms with E-state index < -0.39 is 15.9 Å². The Labute approximate surface area is 151 Å². The van der Waals surface area contributed by atoms with Gasteiger partial charge in [0.25, 0.3) is 21.8 Å². The molecule has 26 heavy (non-hydrogen) atoms. The molecule has 0 fully saturated rings. The van der Waals surface area contributed by atoms with Crippen LogP contribution in [0.1, 0.15) is 20.7 Å². The molecule has 2 aromatic carbocycles. The van der Waals surface area contributed by atoms with Crippen molar-refractivity contribution in [3.8, 4) is 5.75 Å². The van der Waals surface area contributed by atoms with Crippen molar-refractivity contribution in [2.75, 3.05) is 21.3 Å². The molecule has 0 aliphatic rings. The van der Waals surface area contributed by atoms with E-state index in [2.05, 4.69) is 5.32 Å². The van der Waals surface area contributed by atoms with Crippen molar-refractivity contribution < 1.29 is 27.6 Å². The fourth-order valence-corrected chi connectivity index (χ4v) is 3.34. The molecule has 2 amide bonds. The zero-order valence-electron chi connectivity index (χ0n) is 14.4. The van der Waals surface area contributed by atoms with Gasteiger partial charge in [-0.1, -0.05) is 0 Å². The molecular formula is C17H18N2O6S. The van der Waals surface area contributed by atoms with Crippen LogP contribution in [0.3, 0.4) is 0 Å². The summed E-state index contributed by atoms with van der Waals surface area (Å²) >= 11 is 0. The van der Waals surface area contributed by atoms with Crippen LogP contribution in [0.5, 0.6) is 5.75 Å². The number of hydrogen-bond acceptors (Lipinski definition) is 6. The Morgan fingerprint density at radius 1 is 0.923 bits per heavy atom. The predicted octanol–water partition coefficient (Wildman–Crippen LogP) is 1.45. The van der Waals surface area contributed by atoms with Gasteiger partial charge in [0.2, 0.25) is 0 Å². The third kappa shape index (κ3) is 3.84. The molecule has 1 N–H and O–H groups in total. The SMILES string of the molecule is CNC(=O)c1ccc(S(=O)(=O)N(OC)C(=O)c2ccc(OC)cc2)cc1. The Hall–Kier alpha value is -2.91. The monoisotopic (exact) mass is 378 g/mol. The van der Waals surface area contributed by atoms with Crippen molar-refractivity contribution in [3.05, 3.63) is 59.7 Å². The van der Waals surface area contributed by atoms with Crippen LogP contribution >= 0.6 is 0 Å². The average Bonchev–Trinajstić information content (AvgIpc) is 2.67. The summed E-state index contributed by atoms with van der Waals surface area (Å²) < 4.78 is 30.7. The fraction of sp³-hybridized carbons (Fsp3) is 0.176. The maximum Gasteiger partial charge on any atom is 0.292 e. The van der Waals surface area contributed by atoms with Gasteiger partial charge in [-0.05, 0) is 48.5 Å². The molecule has 0 unspecified atom stereocenters. The van der Waals surface area contributed by atoms with Gasteiger partial charge in [-0.2, -0.15) is 8.42 Å². The minimum atomic E-state index is -4.26. The quantitative estimate of drug-likeness (QED) is 0.764. The van der Waals surface area contributed by atoms with Gasteiger partial charge in [-0.3, -0.25) is 14.4 Å². The maximum atomic E-state index is 12.7. The number of carbonyl (C=O) groups excluding carboxylic acids is 2. The van der Waals surface area contributed by atoms with Gasteiger partial charge in [0.05, 0.1) is 19.1 Å². The normalized spacial score (nSPS) is 10.9. The van der Waals surface area contributed by atoms with Gasteiger partial charge in [0.1, 0.15) is 5.75 Å². The summed E-state index contributed by atoms with van der Waals surface area (Å²) in [6.45, 7) is 0. The van der Waals surface area contributed by atoms with Gasteiger partial charge in [0.15, 0.2) is 0 Å². The molecule has 9 heteroatoms. The molecule has 0 saturated carbocycles. The van der Waals surface area contributed by atoms with Crippen LogP contribution in [0.4, 0.5) is 0 Å². The van der Waals surface area contributed by atoms with Crippen molar-refractivity contribution in [3.63, 3.8) is 0 Å². The molecule has 138 valence electrons. The number of nitrogens with zero attached hydrogens (tertiary/aromatic N) is 1.